The molecule has 2 rings (SSSR count). The monoisotopic (exact) mass is 234 g/mol. The molecule has 1 saturated heterocycles. The fraction of sp³-hybridized carbons (Fsp3) is 0.643. The van der Waals surface area contributed by atoms with Crippen molar-refractivity contribution in [3.8, 4) is 5.75 Å². The molecule has 2 heterocycles. The third-order valence-electron chi connectivity index (χ3n) is 3.44. The number of rotatable bonds is 4. The Balaban J connectivity index is 2.38. The maximum Gasteiger partial charge on any atom is 0.142 e. The van der Waals surface area contributed by atoms with Crippen LogP contribution in [0.15, 0.2) is 18.3 Å². The van der Waals surface area contributed by atoms with E-state index >= 15 is 0 Å². The Morgan fingerprint density at radius 1 is 1.53 bits per heavy atom. The lowest BCUT2D eigenvalue weighted by Crippen LogP contribution is -2.39. The fourth-order valence-corrected chi connectivity index (χ4v) is 2.89. The van der Waals surface area contributed by atoms with Crippen LogP contribution in [0.2, 0.25) is 0 Å². The van der Waals surface area contributed by atoms with E-state index < -0.39 is 0 Å². The predicted octanol–water partition coefficient (Wildman–Crippen LogP) is 2.72. The maximum absolute atomic E-state index is 5.46. The molecular weight excluding hydrogens is 212 g/mol. The molecule has 0 bridgehead atoms. The molecule has 0 aromatic carbocycles. The molecule has 0 aliphatic carbocycles. The molecule has 94 valence electrons. The molecule has 1 aliphatic rings. The molecule has 1 aromatic heterocycles. The minimum Gasteiger partial charge on any atom is -0.495 e. The molecule has 0 spiro atoms. The van der Waals surface area contributed by atoms with Crippen LogP contribution in [0.4, 0.5) is 0 Å². The van der Waals surface area contributed by atoms with Gasteiger partial charge in [-0.05, 0) is 43.9 Å². The number of aromatic nitrogens is 1. The minimum atomic E-state index is 0.0147. The Labute approximate surface area is 104 Å². The molecular formula is C14H22N2O. The molecule has 0 saturated carbocycles. The first kappa shape index (κ1) is 12.4. The number of pyridine rings is 1. The lowest BCUT2D eigenvalue weighted by Gasteiger charge is -2.32. The summed E-state index contributed by atoms with van der Waals surface area (Å²) in [6.45, 7) is 5.60. The third-order valence-corrected chi connectivity index (χ3v) is 3.44. The number of ether oxygens (including phenoxy) is 1. The van der Waals surface area contributed by atoms with Crippen molar-refractivity contribution in [2.45, 2.75) is 38.6 Å². The van der Waals surface area contributed by atoms with E-state index in [-0.39, 0.29) is 5.54 Å². The first-order chi connectivity index (χ1) is 8.18. The Bertz CT molecular complexity index is 370. The number of hydrogen-bond donors (Lipinski definition) is 1. The highest BCUT2D eigenvalue weighted by atomic mass is 16.5. The molecule has 1 unspecified atom stereocenters. The van der Waals surface area contributed by atoms with E-state index in [0.29, 0.717) is 5.92 Å². The normalized spacial score (nSPS) is 24.2. The van der Waals surface area contributed by atoms with Gasteiger partial charge in [-0.3, -0.25) is 4.98 Å². The van der Waals surface area contributed by atoms with Gasteiger partial charge in [-0.15, -0.1) is 0 Å². The van der Waals surface area contributed by atoms with Crippen LogP contribution >= 0.6 is 0 Å². The second-order valence-corrected chi connectivity index (χ2v) is 5.26. The standard InChI is InChI=1S/C14H22N2O/c1-11(2)10-14(7-5-9-16-14)13-12(17-3)6-4-8-15-13/h4,6,8,11,16H,5,7,9-10H2,1-3H3. The van der Waals surface area contributed by atoms with E-state index in [1.54, 1.807) is 7.11 Å². The van der Waals surface area contributed by atoms with E-state index in [0.717, 1.165) is 30.8 Å². The Hall–Kier alpha value is -1.09. The predicted molar refractivity (Wildman–Crippen MR) is 69.2 cm³/mol. The highest BCUT2D eigenvalue weighted by Crippen LogP contribution is 2.39. The first-order valence-electron chi connectivity index (χ1n) is 6.42. The zero-order chi connectivity index (χ0) is 12.3. The van der Waals surface area contributed by atoms with Crippen molar-refractivity contribution in [1.29, 1.82) is 0 Å². The lowest BCUT2D eigenvalue weighted by atomic mass is 9.83. The zero-order valence-corrected chi connectivity index (χ0v) is 11.0. The van der Waals surface area contributed by atoms with E-state index in [1.165, 1.54) is 6.42 Å². The summed E-state index contributed by atoms with van der Waals surface area (Å²) in [4.78, 5) is 4.57. The average Bonchev–Trinajstić information content (AvgIpc) is 2.77. The van der Waals surface area contributed by atoms with Gasteiger partial charge in [0, 0.05) is 6.20 Å². The Morgan fingerprint density at radius 2 is 2.35 bits per heavy atom. The van der Waals surface area contributed by atoms with Crippen molar-refractivity contribution >= 4 is 0 Å². The van der Waals surface area contributed by atoms with Gasteiger partial charge in [0.05, 0.1) is 12.6 Å². The summed E-state index contributed by atoms with van der Waals surface area (Å²) < 4.78 is 5.46. The maximum atomic E-state index is 5.46. The van der Waals surface area contributed by atoms with Crippen molar-refractivity contribution in [3.63, 3.8) is 0 Å². The molecule has 1 N–H and O–H groups in total. The highest BCUT2D eigenvalue weighted by molar-refractivity contribution is 5.34. The lowest BCUT2D eigenvalue weighted by molar-refractivity contribution is 0.286. The molecule has 1 atom stereocenters. The third kappa shape index (κ3) is 2.44. The van der Waals surface area contributed by atoms with Crippen molar-refractivity contribution in [2.75, 3.05) is 13.7 Å². The smallest absolute Gasteiger partial charge is 0.142 e. The van der Waals surface area contributed by atoms with Crippen molar-refractivity contribution in [1.82, 2.24) is 10.3 Å². The molecule has 1 aliphatic heterocycles. The Morgan fingerprint density at radius 3 is 2.94 bits per heavy atom. The van der Waals surface area contributed by atoms with Gasteiger partial charge in [0.2, 0.25) is 0 Å². The summed E-state index contributed by atoms with van der Waals surface area (Å²) in [6, 6.07) is 3.94. The summed E-state index contributed by atoms with van der Waals surface area (Å²) >= 11 is 0. The van der Waals surface area contributed by atoms with E-state index in [9.17, 15) is 0 Å². The molecule has 0 radical (unpaired) electrons. The molecule has 0 amide bonds. The number of nitrogens with one attached hydrogen (secondary N) is 1. The summed E-state index contributed by atoms with van der Waals surface area (Å²) in [5.41, 5.74) is 1.09. The van der Waals surface area contributed by atoms with Gasteiger partial charge in [-0.2, -0.15) is 0 Å². The van der Waals surface area contributed by atoms with Gasteiger partial charge >= 0.3 is 0 Å². The van der Waals surface area contributed by atoms with E-state index in [4.69, 9.17) is 4.74 Å². The van der Waals surface area contributed by atoms with Crippen molar-refractivity contribution in [2.24, 2.45) is 5.92 Å². The molecule has 3 nitrogen and oxygen atoms in total. The van der Waals surface area contributed by atoms with Crippen LogP contribution in [0.5, 0.6) is 5.75 Å². The van der Waals surface area contributed by atoms with Crippen LogP contribution in [0.3, 0.4) is 0 Å². The SMILES string of the molecule is COc1cccnc1C1(CC(C)C)CCCN1. The highest BCUT2D eigenvalue weighted by Gasteiger charge is 2.39. The van der Waals surface area contributed by atoms with Crippen LogP contribution in [0.1, 0.15) is 38.8 Å². The molecule has 3 heteroatoms. The van der Waals surface area contributed by atoms with Gasteiger partial charge in [0.15, 0.2) is 0 Å². The van der Waals surface area contributed by atoms with Crippen LogP contribution in [-0.2, 0) is 5.54 Å². The van der Waals surface area contributed by atoms with Gasteiger partial charge in [-0.1, -0.05) is 13.8 Å². The van der Waals surface area contributed by atoms with Gasteiger partial charge < -0.3 is 10.1 Å². The summed E-state index contributed by atoms with van der Waals surface area (Å²) in [5, 5.41) is 3.65. The fourth-order valence-electron chi connectivity index (χ4n) is 2.89. The van der Waals surface area contributed by atoms with Gasteiger partial charge in [0.25, 0.3) is 0 Å². The van der Waals surface area contributed by atoms with E-state index in [2.05, 4.69) is 24.1 Å². The average molecular weight is 234 g/mol. The second-order valence-electron chi connectivity index (χ2n) is 5.26. The first-order valence-corrected chi connectivity index (χ1v) is 6.42. The topological polar surface area (TPSA) is 34.1 Å². The van der Waals surface area contributed by atoms with E-state index in [1.807, 2.05) is 18.3 Å². The number of methoxy groups -OCH3 is 1. The zero-order valence-electron chi connectivity index (χ0n) is 11.0. The molecule has 1 aromatic rings. The van der Waals surface area contributed by atoms with Crippen LogP contribution in [0, 0.1) is 5.92 Å². The largest absolute Gasteiger partial charge is 0.495 e. The molecule has 17 heavy (non-hydrogen) atoms. The molecule has 1 fully saturated rings. The van der Waals surface area contributed by atoms with Crippen LogP contribution < -0.4 is 10.1 Å². The van der Waals surface area contributed by atoms with Crippen LogP contribution in [-0.4, -0.2) is 18.6 Å². The number of hydrogen-bond acceptors (Lipinski definition) is 3. The summed E-state index contributed by atoms with van der Waals surface area (Å²) in [6.07, 6.45) is 5.34. The second kappa shape index (κ2) is 5.05. The quantitative estimate of drug-likeness (QED) is 0.869. The number of nitrogens with zero attached hydrogens (tertiary/aromatic N) is 1. The van der Waals surface area contributed by atoms with Crippen molar-refractivity contribution < 1.29 is 4.74 Å². The summed E-state index contributed by atoms with van der Waals surface area (Å²) in [5.74, 6) is 1.55. The van der Waals surface area contributed by atoms with Crippen molar-refractivity contribution in [3.05, 3.63) is 24.0 Å². The van der Waals surface area contributed by atoms with Gasteiger partial charge in [0.1, 0.15) is 11.4 Å². The Kier molecular flexibility index (Phi) is 3.67. The van der Waals surface area contributed by atoms with Gasteiger partial charge in [-0.25, -0.2) is 0 Å². The van der Waals surface area contributed by atoms with Crippen LogP contribution in [0.25, 0.3) is 0 Å². The summed E-state index contributed by atoms with van der Waals surface area (Å²) in [7, 11) is 1.72. The minimum absolute atomic E-state index is 0.0147.